The summed E-state index contributed by atoms with van der Waals surface area (Å²) in [5.74, 6) is 0.531. The highest BCUT2D eigenvalue weighted by Crippen LogP contribution is 2.35. The van der Waals surface area contributed by atoms with Crippen molar-refractivity contribution in [3.05, 3.63) is 23.9 Å². The maximum Gasteiger partial charge on any atom is 0.307 e. The summed E-state index contributed by atoms with van der Waals surface area (Å²) in [7, 11) is 0. The highest BCUT2D eigenvalue weighted by Gasteiger charge is 2.15. The lowest BCUT2D eigenvalue weighted by atomic mass is 10.1. The van der Waals surface area contributed by atoms with Crippen LogP contribution in [0.3, 0.4) is 0 Å². The molecular weight excluding hydrogens is 222 g/mol. The van der Waals surface area contributed by atoms with Gasteiger partial charge in [0.2, 0.25) is 0 Å². The van der Waals surface area contributed by atoms with Crippen LogP contribution in [0.5, 0.6) is 11.5 Å². The molecule has 0 fully saturated rings. The van der Waals surface area contributed by atoms with E-state index in [1.165, 1.54) is 0 Å². The summed E-state index contributed by atoms with van der Waals surface area (Å²) in [5, 5.41) is 9.69. The van der Waals surface area contributed by atoms with Gasteiger partial charge in [-0.05, 0) is 11.6 Å². The summed E-state index contributed by atoms with van der Waals surface area (Å²) in [6, 6.07) is 3.67. The Hall–Kier alpha value is -2.17. The van der Waals surface area contributed by atoms with Crippen molar-refractivity contribution in [1.29, 1.82) is 0 Å². The molecule has 0 bridgehead atoms. The molecule has 5 heteroatoms. The third-order valence-electron chi connectivity index (χ3n) is 2.77. The Balaban J connectivity index is 2.12. The van der Waals surface area contributed by atoms with E-state index in [1.54, 1.807) is 6.20 Å². The molecule has 0 spiro atoms. The van der Waals surface area contributed by atoms with Gasteiger partial charge in [0, 0.05) is 23.2 Å². The lowest BCUT2D eigenvalue weighted by molar-refractivity contribution is -0.136. The SMILES string of the molecule is O=C(O)Cc1c[nH]c2cc3c(cc12)OCCO3. The summed E-state index contributed by atoms with van der Waals surface area (Å²) in [6.45, 7) is 1.07. The molecule has 2 heterocycles. The van der Waals surface area contributed by atoms with E-state index in [0.717, 1.165) is 16.5 Å². The Kier molecular flexibility index (Phi) is 2.18. The number of hydrogen-bond acceptors (Lipinski definition) is 3. The molecule has 0 saturated heterocycles. The molecule has 1 aliphatic heterocycles. The topological polar surface area (TPSA) is 71.5 Å². The normalized spacial score (nSPS) is 13.9. The largest absolute Gasteiger partial charge is 0.486 e. The van der Waals surface area contributed by atoms with Gasteiger partial charge in [0.05, 0.1) is 6.42 Å². The second kappa shape index (κ2) is 3.69. The van der Waals surface area contributed by atoms with E-state index >= 15 is 0 Å². The summed E-state index contributed by atoms with van der Waals surface area (Å²) in [4.78, 5) is 13.8. The van der Waals surface area contributed by atoms with E-state index in [-0.39, 0.29) is 6.42 Å². The van der Waals surface area contributed by atoms with Crippen molar-refractivity contribution in [1.82, 2.24) is 4.98 Å². The van der Waals surface area contributed by atoms with Crippen molar-refractivity contribution in [3.63, 3.8) is 0 Å². The van der Waals surface area contributed by atoms with Crippen molar-refractivity contribution < 1.29 is 19.4 Å². The Morgan fingerprint density at radius 3 is 2.71 bits per heavy atom. The van der Waals surface area contributed by atoms with Crippen molar-refractivity contribution in [2.75, 3.05) is 13.2 Å². The molecule has 0 aliphatic carbocycles. The fourth-order valence-electron chi connectivity index (χ4n) is 2.03. The number of aromatic amines is 1. The van der Waals surface area contributed by atoms with Crippen LogP contribution in [-0.2, 0) is 11.2 Å². The van der Waals surface area contributed by atoms with Gasteiger partial charge < -0.3 is 19.6 Å². The van der Waals surface area contributed by atoms with E-state index in [0.29, 0.717) is 24.7 Å². The third kappa shape index (κ3) is 1.69. The van der Waals surface area contributed by atoms with E-state index in [9.17, 15) is 4.79 Å². The molecule has 1 aromatic carbocycles. The zero-order valence-corrected chi connectivity index (χ0v) is 9.03. The Labute approximate surface area is 97.0 Å². The average molecular weight is 233 g/mol. The minimum atomic E-state index is -0.846. The summed E-state index contributed by atoms with van der Waals surface area (Å²) in [6.07, 6.45) is 1.71. The minimum Gasteiger partial charge on any atom is -0.486 e. The molecule has 17 heavy (non-hydrogen) atoms. The lowest BCUT2D eigenvalue weighted by Gasteiger charge is -2.18. The van der Waals surface area contributed by atoms with Crippen LogP contribution in [0.1, 0.15) is 5.56 Å². The van der Waals surface area contributed by atoms with E-state index < -0.39 is 5.97 Å². The highest BCUT2D eigenvalue weighted by molar-refractivity contribution is 5.89. The van der Waals surface area contributed by atoms with Crippen LogP contribution >= 0.6 is 0 Å². The van der Waals surface area contributed by atoms with Gasteiger partial charge >= 0.3 is 5.97 Å². The number of carbonyl (C=O) groups is 1. The molecule has 2 aromatic rings. The molecule has 0 amide bonds. The predicted octanol–water partition coefficient (Wildman–Crippen LogP) is 1.57. The predicted molar refractivity (Wildman–Crippen MR) is 60.6 cm³/mol. The monoisotopic (exact) mass is 233 g/mol. The van der Waals surface area contributed by atoms with Crippen LogP contribution in [0.15, 0.2) is 18.3 Å². The van der Waals surface area contributed by atoms with Crippen molar-refractivity contribution in [2.45, 2.75) is 6.42 Å². The molecular formula is C12H11NO4. The molecule has 0 saturated carbocycles. The zero-order valence-electron chi connectivity index (χ0n) is 9.03. The van der Waals surface area contributed by atoms with Crippen molar-refractivity contribution in [3.8, 4) is 11.5 Å². The zero-order chi connectivity index (χ0) is 11.8. The van der Waals surface area contributed by atoms with Gasteiger partial charge in [-0.25, -0.2) is 0 Å². The van der Waals surface area contributed by atoms with Gasteiger partial charge in [0.1, 0.15) is 13.2 Å². The average Bonchev–Trinajstić information content (AvgIpc) is 2.68. The molecule has 1 aliphatic rings. The first-order chi connectivity index (χ1) is 8.24. The van der Waals surface area contributed by atoms with Gasteiger partial charge in [0.15, 0.2) is 11.5 Å². The van der Waals surface area contributed by atoms with Crippen LogP contribution in [0.4, 0.5) is 0 Å². The van der Waals surface area contributed by atoms with Crippen LogP contribution in [0.25, 0.3) is 10.9 Å². The second-order valence-corrected chi connectivity index (χ2v) is 3.93. The highest BCUT2D eigenvalue weighted by atomic mass is 16.6. The first kappa shape index (κ1) is 10.0. The first-order valence-electron chi connectivity index (χ1n) is 5.35. The number of carboxylic acids is 1. The molecule has 1 aromatic heterocycles. The van der Waals surface area contributed by atoms with Gasteiger partial charge in [-0.2, -0.15) is 0 Å². The molecule has 88 valence electrons. The molecule has 3 rings (SSSR count). The Bertz CT molecular complexity index is 587. The van der Waals surface area contributed by atoms with Gasteiger partial charge in [0.25, 0.3) is 0 Å². The number of fused-ring (bicyclic) bond motifs is 2. The molecule has 0 radical (unpaired) electrons. The number of nitrogens with one attached hydrogen (secondary N) is 1. The summed E-state index contributed by atoms with van der Waals surface area (Å²) in [5.41, 5.74) is 1.62. The number of rotatable bonds is 2. The molecule has 5 nitrogen and oxygen atoms in total. The number of H-pyrrole nitrogens is 1. The molecule has 2 N–H and O–H groups in total. The van der Waals surface area contributed by atoms with Gasteiger partial charge in [-0.1, -0.05) is 0 Å². The number of hydrogen-bond donors (Lipinski definition) is 2. The lowest BCUT2D eigenvalue weighted by Crippen LogP contribution is -2.15. The van der Waals surface area contributed by atoms with Crippen molar-refractivity contribution in [2.24, 2.45) is 0 Å². The van der Waals surface area contributed by atoms with Gasteiger partial charge in [-0.3, -0.25) is 4.79 Å². The van der Waals surface area contributed by atoms with E-state index in [2.05, 4.69) is 4.98 Å². The number of aliphatic carboxylic acids is 1. The summed E-state index contributed by atoms with van der Waals surface area (Å²) >= 11 is 0. The fraction of sp³-hybridized carbons (Fsp3) is 0.250. The van der Waals surface area contributed by atoms with Crippen LogP contribution < -0.4 is 9.47 Å². The fourth-order valence-corrected chi connectivity index (χ4v) is 2.03. The second-order valence-electron chi connectivity index (χ2n) is 3.93. The Morgan fingerprint density at radius 1 is 1.29 bits per heavy atom. The maximum atomic E-state index is 10.7. The number of aromatic nitrogens is 1. The van der Waals surface area contributed by atoms with E-state index in [1.807, 2.05) is 12.1 Å². The van der Waals surface area contributed by atoms with Crippen molar-refractivity contribution >= 4 is 16.9 Å². The quantitative estimate of drug-likeness (QED) is 0.825. The standard InChI is InChI=1S/C12H11NO4/c14-12(15)3-7-6-13-9-5-11-10(4-8(7)9)16-1-2-17-11/h4-6,13H,1-3H2,(H,14,15). The minimum absolute atomic E-state index is 0.000353. The Morgan fingerprint density at radius 2 is 2.00 bits per heavy atom. The summed E-state index contributed by atoms with van der Waals surface area (Å²) < 4.78 is 10.9. The third-order valence-corrected chi connectivity index (χ3v) is 2.77. The smallest absolute Gasteiger partial charge is 0.307 e. The van der Waals surface area contributed by atoms with Crippen LogP contribution in [-0.4, -0.2) is 29.3 Å². The van der Waals surface area contributed by atoms with Crippen LogP contribution in [0, 0.1) is 0 Å². The number of benzene rings is 1. The van der Waals surface area contributed by atoms with Gasteiger partial charge in [-0.15, -0.1) is 0 Å². The maximum absolute atomic E-state index is 10.7. The molecule has 0 unspecified atom stereocenters. The van der Waals surface area contributed by atoms with E-state index in [4.69, 9.17) is 14.6 Å². The number of carboxylic acid groups (broad SMARTS) is 1. The molecule has 0 atom stereocenters. The van der Waals surface area contributed by atoms with Crippen LogP contribution in [0.2, 0.25) is 0 Å². The number of ether oxygens (including phenoxy) is 2. The first-order valence-corrected chi connectivity index (χ1v) is 5.35.